The average Bonchev–Trinajstić information content (AvgIpc) is 2.20. The van der Waals surface area contributed by atoms with Crippen LogP contribution < -0.4 is 10.6 Å². The Balaban J connectivity index is 2.63. The van der Waals surface area contributed by atoms with Gasteiger partial charge in [-0.15, -0.1) is 0 Å². The Morgan fingerprint density at radius 3 is 2.87 bits per heavy atom. The summed E-state index contributed by atoms with van der Waals surface area (Å²) in [7, 11) is 0. The molecule has 2 N–H and O–H groups in total. The predicted octanol–water partition coefficient (Wildman–Crippen LogP) is 3.34. The summed E-state index contributed by atoms with van der Waals surface area (Å²) in [6.45, 7) is 4.99. The number of anilines is 1. The van der Waals surface area contributed by atoms with Gasteiger partial charge in [-0.2, -0.15) is 0 Å². The van der Waals surface area contributed by atoms with Crippen LogP contribution in [0.2, 0.25) is 5.02 Å². The van der Waals surface area contributed by atoms with Gasteiger partial charge in [-0.05, 0) is 43.3 Å². The summed E-state index contributed by atoms with van der Waals surface area (Å²) in [6.07, 6.45) is 1.05. The Kier molecular flexibility index (Phi) is 4.85. The molecule has 0 heterocycles. The first-order valence-corrected chi connectivity index (χ1v) is 5.73. The largest absolute Gasteiger partial charge is 0.362 e. The highest BCUT2D eigenvalue weighted by Crippen LogP contribution is 2.19. The standard InChI is InChI=1S/C11H15ClN2S/c1-3-6-13-11(15)14-10-7-9(12)5-4-8(10)2/h4-5,7H,3,6H2,1-2H3,(H2,13,14,15). The Morgan fingerprint density at radius 1 is 1.47 bits per heavy atom. The third-order valence-electron chi connectivity index (χ3n) is 1.98. The highest BCUT2D eigenvalue weighted by molar-refractivity contribution is 7.80. The SMILES string of the molecule is CCCNC(=S)Nc1cc(Cl)ccc1C. The normalized spacial score (nSPS) is 9.80. The molecule has 4 heteroatoms. The summed E-state index contributed by atoms with van der Waals surface area (Å²) in [5.41, 5.74) is 2.08. The monoisotopic (exact) mass is 242 g/mol. The molecule has 0 aromatic heterocycles. The van der Waals surface area contributed by atoms with E-state index in [-0.39, 0.29) is 0 Å². The van der Waals surface area contributed by atoms with Crippen LogP contribution in [0.4, 0.5) is 5.69 Å². The lowest BCUT2D eigenvalue weighted by Crippen LogP contribution is -2.29. The molecule has 0 aliphatic heterocycles. The fourth-order valence-corrected chi connectivity index (χ4v) is 1.52. The summed E-state index contributed by atoms with van der Waals surface area (Å²) in [5, 5.41) is 7.58. The maximum atomic E-state index is 5.90. The molecule has 0 amide bonds. The summed E-state index contributed by atoms with van der Waals surface area (Å²) in [6, 6.07) is 5.70. The van der Waals surface area contributed by atoms with Gasteiger partial charge in [0, 0.05) is 17.3 Å². The number of hydrogen-bond acceptors (Lipinski definition) is 1. The van der Waals surface area contributed by atoms with E-state index in [1.807, 2.05) is 25.1 Å². The highest BCUT2D eigenvalue weighted by Gasteiger charge is 2.01. The first kappa shape index (κ1) is 12.3. The molecule has 0 fully saturated rings. The molecule has 82 valence electrons. The molecule has 2 nitrogen and oxygen atoms in total. The van der Waals surface area contributed by atoms with Crippen molar-refractivity contribution < 1.29 is 0 Å². The molecular formula is C11H15ClN2S. The van der Waals surface area contributed by atoms with Crippen LogP contribution >= 0.6 is 23.8 Å². The molecular weight excluding hydrogens is 228 g/mol. The Bertz CT molecular complexity index is 352. The van der Waals surface area contributed by atoms with Gasteiger partial charge in [0.15, 0.2) is 5.11 Å². The summed E-state index contributed by atoms with van der Waals surface area (Å²) < 4.78 is 0. The van der Waals surface area contributed by atoms with Crippen molar-refractivity contribution in [3.05, 3.63) is 28.8 Å². The van der Waals surface area contributed by atoms with Crippen LogP contribution in [-0.4, -0.2) is 11.7 Å². The van der Waals surface area contributed by atoms with Crippen molar-refractivity contribution in [2.24, 2.45) is 0 Å². The van der Waals surface area contributed by atoms with Crippen LogP contribution in [0, 0.1) is 6.92 Å². The molecule has 0 radical (unpaired) electrons. The topological polar surface area (TPSA) is 24.1 Å². The van der Waals surface area contributed by atoms with Gasteiger partial charge in [-0.1, -0.05) is 24.6 Å². The summed E-state index contributed by atoms with van der Waals surface area (Å²) >= 11 is 11.0. The van der Waals surface area contributed by atoms with Crippen LogP contribution in [-0.2, 0) is 0 Å². The second-order valence-electron chi connectivity index (χ2n) is 3.34. The fourth-order valence-electron chi connectivity index (χ4n) is 1.13. The van der Waals surface area contributed by atoms with E-state index < -0.39 is 0 Å². The Morgan fingerprint density at radius 2 is 2.20 bits per heavy atom. The van der Waals surface area contributed by atoms with E-state index in [9.17, 15) is 0 Å². The van der Waals surface area contributed by atoms with E-state index in [1.54, 1.807) is 0 Å². The van der Waals surface area contributed by atoms with E-state index in [0.29, 0.717) is 10.1 Å². The number of hydrogen-bond donors (Lipinski definition) is 2. The second kappa shape index (κ2) is 5.93. The molecule has 0 spiro atoms. The smallest absolute Gasteiger partial charge is 0.170 e. The van der Waals surface area contributed by atoms with Crippen LogP contribution in [0.1, 0.15) is 18.9 Å². The number of aryl methyl sites for hydroxylation is 1. The zero-order chi connectivity index (χ0) is 11.3. The van der Waals surface area contributed by atoms with E-state index in [0.717, 1.165) is 24.2 Å². The van der Waals surface area contributed by atoms with Crippen LogP contribution in [0.15, 0.2) is 18.2 Å². The van der Waals surface area contributed by atoms with E-state index in [4.69, 9.17) is 23.8 Å². The number of benzene rings is 1. The van der Waals surface area contributed by atoms with Gasteiger partial charge in [-0.25, -0.2) is 0 Å². The number of halogens is 1. The van der Waals surface area contributed by atoms with Gasteiger partial charge in [0.1, 0.15) is 0 Å². The lowest BCUT2D eigenvalue weighted by atomic mass is 10.2. The fraction of sp³-hybridized carbons (Fsp3) is 0.364. The lowest BCUT2D eigenvalue weighted by molar-refractivity contribution is 0.846. The zero-order valence-corrected chi connectivity index (χ0v) is 10.5. The van der Waals surface area contributed by atoms with Gasteiger partial charge < -0.3 is 10.6 Å². The number of rotatable bonds is 3. The first-order chi connectivity index (χ1) is 7.13. The summed E-state index contributed by atoms with van der Waals surface area (Å²) in [5.74, 6) is 0. The molecule has 0 aliphatic carbocycles. The minimum Gasteiger partial charge on any atom is -0.362 e. The molecule has 0 aliphatic rings. The van der Waals surface area contributed by atoms with Crippen molar-refractivity contribution in [1.82, 2.24) is 5.32 Å². The molecule has 0 atom stereocenters. The highest BCUT2D eigenvalue weighted by atomic mass is 35.5. The minimum absolute atomic E-state index is 0.641. The first-order valence-electron chi connectivity index (χ1n) is 4.94. The van der Waals surface area contributed by atoms with Crippen molar-refractivity contribution in [2.45, 2.75) is 20.3 Å². The maximum Gasteiger partial charge on any atom is 0.170 e. The molecule has 15 heavy (non-hydrogen) atoms. The molecule has 0 bridgehead atoms. The van der Waals surface area contributed by atoms with Crippen molar-refractivity contribution >= 4 is 34.6 Å². The molecule has 1 aromatic carbocycles. The van der Waals surface area contributed by atoms with E-state index >= 15 is 0 Å². The lowest BCUT2D eigenvalue weighted by Gasteiger charge is -2.12. The van der Waals surface area contributed by atoms with Gasteiger partial charge in [0.25, 0.3) is 0 Å². The van der Waals surface area contributed by atoms with Crippen molar-refractivity contribution in [3.8, 4) is 0 Å². The molecule has 1 rings (SSSR count). The van der Waals surface area contributed by atoms with Crippen LogP contribution in [0.3, 0.4) is 0 Å². The van der Waals surface area contributed by atoms with E-state index in [2.05, 4.69) is 17.6 Å². The predicted molar refractivity (Wildman–Crippen MR) is 70.7 cm³/mol. The van der Waals surface area contributed by atoms with Gasteiger partial charge in [0.05, 0.1) is 0 Å². The Labute approximate surface area is 101 Å². The molecule has 0 saturated carbocycles. The summed E-state index contributed by atoms with van der Waals surface area (Å²) in [4.78, 5) is 0. The van der Waals surface area contributed by atoms with Crippen molar-refractivity contribution in [1.29, 1.82) is 0 Å². The zero-order valence-electron chi connectivity index (χ0n) is 8.93. The second-order valence-corrected chi connectivity index (χ2v) is 4.18. The maximum absolute atomic E-state index is 5.90. The molecule has 1 aromatic rings. The van der Waals surface area contributed by atoms with Gasteiger partial charge in [0.2, 0.25) is 0 Å². The average molecular weight is 243 g/mol. The van der Waals surface area contributed by atoms with Crippen molar-refractivity contribution in [2.75, 3.05) is 11.9 Å². The number of nitrogens with one attached hydrogen (secondary N) is 2. The van der Waals surface area contributed by atoms with Crippen LogP contribution in [0.25, 0.3) is 0 Å². The van der Waals surface area contributed by atoms with E-state index in [1.165, 1.54) is 0 Å². The minimum atomic E-state index is 0.641. The van der Waals surface area contributed by atoms with Gasteiger partial charge in [-0.3, -0.25) is 0 Å². The third kappa shape index (κ3) is 4.06. The quantitative estimate of drug-likeness (QED) is 0.795. The molecule has 0 saturated heterocycles. The molecule has 0 unspecified atom stereocenters. The van der Waals surface area contributed by atoms with Crippen molar-refractivity contribution in [3.63, 3.8) is 0 Å². The van der Waals surface area contributed by atoms with Crippen LogP contribution in [0.5, 0.6) is 0 Å². The van der Waals surface area contributed by atoms with Gasteiger partial charge >= 0.3 is 0 Å². The number of thiocarbonyl (C=S) groups is 1. The third-order valence-corrected chi connectivity index (χ3v) is 2.46. The Hall–Kier alpha value is -0.800.